The lowest BCUT2D eigenvalue weighted by Crippen LogP contribution is -2.63. The van der Waals surface area contributed by atoms with Crippen LogP contribution < -0.4 is 0 Å². The second-order valence-electron chi connectivity index (χ2n) is 10.6. The van der Waals surface area contributed by atoms with Gasteiger partial charge in [-0.2, -0.15) is 0 Å². The smallest absolute Gasteiger partial charge is 0.341 e. The molecule has 10 heteroatoms. The van der Waals surface area contributed by atoms with Crippen LogP contribution in [0.25, 0.3) is 0 Å². The van der Waals surface area contributed by atoms with Crippen LogP contribution in [0, 0.1) is 5.92 Å². The van der Waals surface area contributed by atoms with Crippen LogP contribution in [0.2, 0.25) is 0 Å². The molecule has 0 aromatic heterocycles. The third-order valence-electron chi connectivity index (χ3n) is 7.20. The van der Waals surface area contributed by atoms with Gasteiger partial charge in [0.25, 0.3) is 0 Å². The molecule has 0 saturated heterocycles. The third kappa shape index (κ3) is 9.93. The monoisotopic (exact) mass is 551 g/mol. The summed E-state index contributed by atoms with van der Waals surface area (Å²) in [5.41, 5.74) is -1.75. The normalized spacial score (nSPS) is 18.2. The Labute approximate surface area is 231 Å². The maximum atomic E-state index is 12.3. The summed E-state index contributed by atoms with van der Waals surface area (Å²) in [4.78, 5) is 48.7. The van der Waals surface area contributed by atoms with Crippen molar-refractivity contribution in [2.75, 3.05) is 27.3 Å². The quantitative estimate of drug-likeness (QED) is 0.183. The summed E-state index contributed by atoms with van der Waals surface area (Å²) >= 11 is 0. The number of carboxylic acids is 1. The van der Waals surface area contributed by atoms with Crippen LogP contribution in [-0.2, 0) is 28.7 Å². The number of allylic oxidation sites excluding steroid dienone is 4. The van der Waals surface area contributed by atoms with E-state index >= 15 is 0 Å². The summed E-state index contributed by atoms with van der Waals surface area (Å²) in [5.74, 6) is -3.60. The Kier molecular flexibility index (Phi) is 13.6. The van der Waals surface area contributed by atoms with E-state index in [-0.39, 0.29) is 24.8 Å². The molecule has 3 unspecified atom stereocenters. The molecule has 3 N–H and O–H groups in total. The number of hydrogen-bond acceptors (Lipinski definition) is 8. The minimum atomic E-state index is -2.46. The molecular formula is C29H45NO9. The molecule has 0 radical (unpaired) electrons. The van der Waals surface area contributed by atoms with Crippen molar-refractivity contribution in [3.05, 3.63) is 34.9 Å². The van der Waals surface area contributed by atoms with Crippen LogP contribution in [0.4, 0.5) is 0 Å². The number of carboxylic acid groups (broad SMARTS) is 1. The molecule has 1 heterocycles. The molecule has 0 fully saturated rings. The molecule has 0 aromatic carbocycles. The first-order valence-corrected chi connectivity index (χ1v) is 13.3. The van der Waals surface area contributed by atoms with Gasteiger partial charge >= 0.3 is 17.9 Å². The van der Waals surface area contributed by atoms with Gasteiger partial charge in [0.15, 0.2) is 5.60 Å². The molecular weight excluding hydrogens is 506 g/mol. The van der Waals surface area contributed by atoms with Crippen LogP contribution in [0.1, 0.15) is 79.1 Å². The molecule has 0 spiro atoms. The number of ether oxygens (including phenoxy) is 2. The highest BCUT2D eigenvalue weighted by Crippen LogP contribution is 2.33. The average molecular weight is 552 g/mol. The minimum Gasteiger partial charge on any atom is -0.480 e. The van der Waals surface area contributed by atoms with Gasteiger partial charge in [-0.25, -0.2) is 9.59 Å². The highest BCUT2D eigenvalue weighted by atomic mass is 16.6. The topological polar surface area (TPSA) is 151 Å². The van der Waals surface area contributed by atoms with E-state index in [1.165, 1.54) is 16.0 Å². The van der Waals surface area contributed by atoms with E-state index in [4.69, 9.17) is 5.11 Å². The first-order valence-electron chi connectivity index (χ1n) is 13.3. The number of rotatable bonds is 17. The van der Waals surface area contributed by atoms with Crippen LogP contribution in [0.5, 0.6) is 0 Å². The van der Waals surface area contributed by atoms with Crippen molar-refractivity contribution in [3.8, 4) is 0 Å². The number of carbonyl (C=O) groups excluding carboxylic acids is 3. The van der Waals surface area contributed by atoms with Gasteiger partial charge in [0.2, 0.25) is 11.5 Å². The van der Waals surface area contributed by atoms with E-state index in [1.54, 1.807) is 0 Å². The first-order chi connectivity index (χ1) is 18.2. The van der Waals surface area contributed by atoms with Crippen molar-refractivity contribution in [2.45, 2.75) is 90.3 Å². The highest BCUT2D eigenvalue weighted by Gasteiger charge is 2.58. The number of methoxy groups -OCH3 is 2. The Hall–Kier alpha value is -2.98. The fraction of sp³-hybridized carbons (Fsp3) is 0.655. The van der Waals surface area contributed by atoms with Gasteiger partial charge in [-0.15, -0.1) is 0 Å². The van der Waals surface area contributed by atoms with Gasteiger partial charge in [-0.3, -0.25) is 9.59 Å². The Bertz CT molecular complexity index is 979. The zero-order chi connectivity index (χ0) is 29.8. The average Bonchev–Trinajstić information content (AvgIpc) is 3.20. The van der Waals surface area contributed by atoms with Crippen molar-refractivity contribution >= 4 is 23.8 Å². The molecule has 220 valence electrons. The molecule has 10 nitrogen and oxygen atoms in total. The van der Waals surface area contributed by atoms with Crippen molar-refractivity contribution in [1.82, 2.24) is 4.90 Å². The molecule has 1 aliphatic rings. The van der Waals surface area contributed by atoms with E-state index in [0.717, 1.165) is 46.8 Å². The van der Waals surface area contributed by atoms with E-state index < -0.39 is 29.1 Å². The lowest BCUT2D eigenvalue weighted by molar-refractivity contribution is -0.210. The number of amides is 1. The molecule has 1 rings (SSSR count). The largest absolute Gasteiger partial charge is 0.480 e. The molecule has 0 bridgehead atoms. The number of carbonyl (C=O) groups is 4. The lowest BCUT2D eigenvalue weighted by atomic mass is 9.77. The second kappa shape index (κ2) is 15.6. The Morgan fingerprint density at radius 3 is 2.23 bits per heavy atom. The molecule has 0 aromatic rings. The summed E-state index contributed by atoms with van der Waals surface area (Å²) in [6.45, 7) is 7.07. The zero-order valence-electron chi connectivity index (χ0n) is 24.1. The molecule has 3 atom stereocenters. The van der Waals surface area contributed by atoms with Gasteiger partial charge in [-0.1, -0.05) is 36.3 Å². The third-order valence-corrected chi connectivity index (χ3v) is 7.20. The van der Waals surface area contributed by atoms with E-state index in [0.29, 0.717) is 31.4 Å². The maximum absolute atomic E-state index is 12.3. The van der Waals surface area contributed by atoms with Crippen LogP contribution in [0.3, 0.4) is 0 Å². The van der Waals surface area contributed by atoms with Gasteiger partial charge in [0.05, 0.1) is 14.2 Å². The van der Waals surface area contributed by atoms with Crippen LogP contribution in [0.15, 0.2) is 34.9 Å². The number of aliphatic carboxylic acids is 1. The fourth-order valence-electron chi connectivity index (χ4n) is 4.65. The maximum Gasteiger partial charge on any atom is 0.341 e. The fourth-order valence-corrected chi connectivity index (χ4v) is 4.65. The van der Waals surface area contributed by atoms with E-state index in [1.807, 2.05) is 19.9 Å². The number of hydrogen-bond donors (Lipinski definition) is 3. The summed E-state index contributed by atoms with van der Waals surface area (Å²) in [6.07, 6.45) is 11.4. The molecule has 39 heavy (non-hydrogen) atoms. The summed E-state index contributed by atoms with van der Waals surface area (Å²) in [6, 6.07) is 0. The van der Waals surface area contributed by atoms with Crippen LogP contribution >= 0.6 is 0 Å². The molecule has 1 amide bonds. The Morgan fingerprint density at radius 1 is 1.05 bits per heavy atom. The van der Waals surface area contributed by atoms with Crippen molar-refractivity contribution < 1.29 is 44.0 Å². The van der Waals surface area contributed by atoms with Gasteiger partial charge in [0.1, 0.15) is 6.54 Å². The second-order valence-corrected chi connectivity index (χ2v) is 10.6. The first kappa shape index (κ1) is 34.0. The molecule has 1 aliphatic heterocycles. The van der Waals surface area contributed by atoms with Gasteiger partial charge in [-0.05, 0) is 78.1 Å². The van der Waals surface area contributed by atoms with Crippen molar-refractivity contribution in [3.63, 3.8) is 0 Å². The molecule has 0 saturated carbocycles. The van der Waals surface area contributed by atoms with Gasteiger partial charge in [0, 0.05) is 12.1 Å². The molecule has 0 aliphatic carbocycles. The van der Waals surface area contributed by atoms with Gasteiger partial charge < -0.3 is 29.7 Å². The summed E-state index contributed by atoms with van der Waals surface area (Å²) < 4.78 is 9.22. The minimum absolute atomic E-state index is 0.170. The standard InChI is InChI=1S/C29H45NO9/c1-20(10-7-11-21(2)13-9-15-23-16-17-30(25(23)33)19-24(31)32)12-8-14-22(3)18-29(37,27(35)39-6)28(4,36)26(34)38-5/h11-12,16,22,36-37H,7-10,13-15,17-19H2,1-6H3,(H,31,32). The van der Waals surface area contributed by atoms with Crippen LogP contribution in [-0.4, -0.2) is 82.5 Å². The summed E-state index contributed by atoms with van der Waals surface area (Å²) in [5, 5.41) is 30.4. The summed E-state index contributed by atoms with van der Waals surface area (Å²) in [7, 11) is 2.15. The zero-order valence-corrected chi connectivity index (χ0v) is 24.1. The predicted octanol–water partition coefficient (Wildman–Crippen LogP) is 3.32. The number of esters is 2. The highest BCUT2D eigenvalue weighted by molar-refractivity contribution is 5.97. The van der Waals surface area contributed by atoms with E-state index in [2.05, 4.69) is 28.5 Å². The number of nitrogens with zero attached hydrogens (tertiary/aromatic N) is 1. The van der Waals surface area contributed by atoms with E-state index in [9.17, 15) is 29.4 Å². The van der Waals surface area contributed by atoms with Crippen molar-refractivity contribution in [2.24, 2.45) is 5.92 Å². The van der Waals surface area contributed by atoms with Crippen molar-refractivity contribution in [1.29, 1.82) is 0 Å². The Morgan fingerprint density at radius 2 is 1.64 bits per heavy atom. The SMILES string of the molecule is COC(=O)C(C)(O)C(O)(CC(C)CCC=C(C)CCC=C(C)CCCC1=CCN(CC(=O)O)C1=O)C(=O)OC. The number of aliphatic hydroxyl groups is 2. The Balaban J connectivity index is 2.47. The predicted molar refractivity (Wildman–Crippen MR) is 146 cm³/mol. The lowest BCUT2D eigenvalue weighted by Gasteiger charge is -2.37.